The molecule has 0 aliphatic carbocycles. The Balaban J connectivity index is 1.57. The lowest BCUT2D eigenvalue weighted by Crippen LogP contribution is -2.17. The van der Waals surface area contributed by atoms with Crippen LogP contribution in [0.4, 0.5) is 11.6 Å². The van der Waals surface area contributed by atoms with Gasteiger partial charge in [-0.25, -0.2) is 10.1 Å². The fourth-order valence-corrected chi connectivity index (χ4v) is 3.32. The number of para-hydroxylation sites is 1. The summed E-state index contributed by atoms with van der Waals surface area (Å²) >= 11 is 10.6. The molecule has 0 aliphatic heterocycles. The molecule has 0 saturated carbocycles. The van der Waals surface area contributed by atoms with Crippen LogP contribution in [0.15, 0.2) is 63.3 Å². The summed E-state index contributed by atoms with van der Waals surface area (Å²) in [5.41, 5.74) is 5.05. The van der Waals surface area contributed by atoms with E-state index in [0.717, 1.165) is 27.5 Å². The van der Waals surface area contributed by atoms with Gasteiger partial charge >= 0.3 is 0 Å². The third-order valence-electron chi connectivity index (χ3n) is 3.73. The second-order valence-corrected chi connectivity index (χ2v) is 8.07. The summed E-state index contributed by atoms with van der Waals surface area (Å²) in [6.45, 7) is 1.86. The van der Waals surface area contributed by atoms with Gasteiger partial charge in [-0.15, -0.1) is 10.2 Å². The molecular formula is C18H17BrClN7OS. The fraction of sp³-hybridized carbons (Fsp3) is 0.111. The number of benzene rings is 2. The molecule has 0 fully saturated rings. The molecule has 0 bridgehead atoms. The van der Waals surface area contributed by atoms with Gasteiger partial charge in [0.2, 0.25) is 11.1 Å². The highest BCUT2D eigenvalue weighted by atomic mass is 79.9. The number of aromatic nitrogens is 3. The van der Waals surface area contributed by atoms with E-state index in [-0.39, 0.29) is 17.6 Å². The van der Waals surface area contributed by atoms with Gasteiger partial charge < -0.3 is 11.2 Å². The second kappa shape index (κ2) is 9.77. The van der Waals surface area contributed by atoms with E-state index in [1.165, 1.54) is 4.68 Å². The van der Waals surface area contributed by atoms with E-state index in [9.17, 15) is 4.79 Å². The van der Waals surface area contributed by atoms with Crippen LogP contribution in [0.5, 0.6) is 0 Å². The first kappa shape index (κ1) is 21.2. The quantitative estimate of drug-likeness (QED) is 0.198. The Labute approximate surface area is 185 Å². The molecular weight excluding hydrogens is 478 g/mol. The minimum Gasteiger partial charge on any atom is -0.334 e. The molecule has 4 N–H and O–H groups in total. The van der Waals surface area contributed by atoms with Crippen molar-refractivity contribution in [3.8, 4) is 0 Å². The van der Waals surface area contributed by atoms with Crippen molar-refractivity contribution in [2.75, 3.05) is 22.3 Å². The van der Waals surface area contributed by atoms with E-state index >= 15 is 0 Å². The predicted molar refractivity (Wildman–Crippen MR) is 121 cm³/mol. The lowest BCUT2D eigenvalue weighted by Gasteiger charge is -2.07. The molecule has 150 valence electrons. The lowest BCUT2D eigenvalue weighted by molar-refractivity contribution is -0.113. The van der Waals surface area contributed by atoms with Crippen molar-refractivity contribution >= 4 is 62.5 Å². The van der Waals surface area contributed by atoms with Crippen LogP contribution in [0.2, 0.25) is 5.02 Å². The Morgan fingerprint density at radius 1 is 1.24 bits per heavy atom. The van der Waals surface area contributed by atoms with Gasteiger partial charge in [0.1, 0.15) is 0 Å². The predicted octanol–water partition coefficient (Wildman–Crippen LogP) is 3.97. The van der Waals surface area contributed by atoms with Gasteiger partial charge in [-0.05, 0) is 36.8 Å². The summed E-state index contributed by atoms with van der Waals surface area (Å²) in [5.74, 6) is 6.12. The Kier molecular flexibility index (Phi) is 7.13. The Bertz CT molecular complexity index is 1040. The average molecular weight is 495 g/mol. The number of nitrogens with one attached hydrogen (secondary N) is 2. The van der Waals surface area contributed by atoms with Crippen molar-refractivity contribution in [2.45, 2.75) is 12.1 Å². The molecule has 0 radical (unpaired) electrons. The molecule has 11 heteroatoms. The van der Waals surface area contributed by atoms with Crippen LogP contribution < -0.4 is 16.6 Å². The number of thioether (sulfide) groups is 1. The van der Waals surface area contributed by atoms with Crippen LogP contribution >= 0.6 is 39.3 Å². The molecule has 1 heterocycles. The van der Waals surface area contributed by atoms with Gasteiger partial charge in [0.25, 0.3) is 5.95 Å². The fourth-order valence-electron chi connectivity index (χ4n) is 2.22. The van der Waals surface area contributed by atoms with Crippen molar-refractivity contribution in [1.82, 2.24) is 14.9 Å². The zero-order valence-corrected chi connectivity index (χ0v) is 18.4. The number of halogens is 2. The molecule has 0 atom stereocenters. The van der Waals surface area contributed by atoms with E-state index < -0.39 is 0 Å². The third kappa shape index (κ3) is 5.72. The second-order valence-electron chi connectivity index (χ2n) is 5.81. The Hall–Kier alpha value is -2.56. The smallest absolute Gasteiger partial charge is 0.264 e. The van der Waals surface area contributed by atoms with Gasteiger partial charge in [0.15, 0.2) is 0 Å². The zero-order chi connectivity index (χ0) is 20.8. The highest BCUT2D eigenvalue weighted by Gasteiger charge is 2.13. The normalized spacial score (nSPS) is 11.3. The van der Waals surface area contributed by atoms with Gasteiger partial charge in [-0.2, -0.15) is 5.10 Å². The number of anilines is 2. The van der Waals surface area contributed by atoms with Crippen molar-refractivity contribution < 1.29 is 4.79 Å². The summed E-state index contributed by atoms with van der Waals surface area (Å²) in [6.07, 6.45) is 0. The van der Waals surface area contributed by atoms with Crippen molar-refractivity contribution in [2.24, 2.45) is 5.10 Å². The van der Waals surface area contributed by atoms with Gasteiger partial charge in [-0.3, -0.25) is 4.79 Å². The topological polar surface area (TPSA) is 110 Å². The molecule has 0 unspecified atom stereocenters. The van der Waals surface area contributed by atoms with Gasteiger partial charge in [0, 0.05) is 4.47 Å². The monoisotopic (exact) mass is 493 g/mol. The molecule has 1 aromatic heterocycles. The molecule has 3 rings (SSSR count). The maximum Gasteiger partial charge on any atom is 0.264 e. The standard InChI is InChI=1S/C18H17BrClN7OS/c1-11(12-6-8-13(19)9-7-12)23-24-17-25-26-18(27(17)21)29-10-16(28)22-15-5-3-2-4-14(15)20/h2-9H,10,21H2,1H3,(H,22,28)(H,24,25)/b23-11+. The number of amides is 1. The molecule has 0 aliphatic rings. The summed E-state index contributed by atoms with van der Waals surface area (Å²) < 4.78 is 2.23. The van der Waals surface area contributed by atoms with Crippen molar-refractivity contribution in [3.63, 3.8) is 0 Å². The van der Waals surface area contributed by atoms with Crippen LogP contribution in [0, 0.1) is 0 Å². The SMILES string of the molecule is C/C(=N\Nc1nnc(SCC(=O)Nc2ccccc2Cl)n1N)c1ccc(Br)cc1. The first-order valence-corrected chi connectivity index (χ1v) is 10.5. The number of hydrogen-bond acceptors (Lipinski definition) is 7. The maximum absolute atomic E-state index is 12.1. The van der Waals surface area contributed by atoms with E-state index in [1.807, 2.05) is 31.2 Å². The van der Waals surface area contributed by atoms with Crippen LogP contribution in [-0.4, -0.2) is 32.2 Å². The first-order chi connectivity index (χ1) is 13.9. The summed E-state index contributed by atoms with van der Waals surface area (Å²) in [4.78, 5) is 12.1. The molecule has 29 heavy (non-hydrogen) atoms. The third-order valence-corrected chi connectivity index (χ3v) is 5.53. The highest BCUT2D eigenvalue weighted by molar-refractivity contribution is 9.10. The molecule has 1 amide bonds. The number of hydrogen-bond donors (Lipinski definition) is 3. The van der Waals surface area contributed by atoms with Crippen molar-refractivity contribution in [3.05, 3.63) is 63.6 Å². The van der Waals surface area contributed by atoms with Crippen LogP contribution in [-0.2, 0) is 4.79 Å². The maximum atomic E-state index is 12.1. The molecule has 0 saturated heterocycles. The molecule has 8 nitrogen and oxygen atoms in total. The minimum atomic E-state index is -0.232. The Morgan fingerprint density at radius 2 is 1.97 bits per heavy atom. The number of rotatable bonds is 7. The van der Waals surface area contributed by atoms with E-state index in [2.05, 4.69) is 42.0 Å². The van der Waals surface area contributed by atoms with E-state index in [1.54, 1.807) is 24.3 Å². The number of carbonyl (C=O) groups is 1. The summed E-state index contributed by atoms with van der Waals surface area (Å²) in [6, 6.07) is 14.8. The van der Waals surface area contributed by atoms with E-state index in [4.69, 9.17) is 17.4 Å². The van der Waals surface area contributed by atoms with Crippen LogP contribution in [0.1, 0.15) is 12.5 Å². The number of nitrogens with zero attached hydrogens (tertiary/aromatic N) is 4. The first-order valence-electron chi connectivity index (χ1n) is 8.38. The number of hydrazone groups is 1. The van der Waals surface area contributed by atoms with Crippen molar-refractivity contribution in [1.29, 1.82) is 0 Å². The summed E-state index contributed by atoms with van der Waals surface area (Å²) in [5, 5.41) is 15.8. The number of carbonyl (C=O) groups excluding carboxylic acids is 1. The summed E-state index contributed by atoms with van der Waals surface area (Å²) in [7, 11) is 0. The lowest BCUT2D eigenvalue weighted by atomic mass is 10.1. The molecule has 0 spiro atoms. The minimum absolute atomic E-state index is 0.0990. The molecule has 2 aromatic carbocycles. The Morgan fingerprint density at radius 3 is 2.69 bits per heavy atom. The van der Waals surface area contributed by atoms with E-state index in [0.29, 0.717) is 15.9 Å². The van der Waals surface area contributed by atoms with Gasteiger partial charge in [-0.1, -0.05) is 63.6 Å². The highest BCUT2D eigenvalue weighted by Crippen LogP contribution is 2.22. The van der Waals surface area contributed by atoms with Gasteiger partial charge in [0.05, 0.1) is 22.2 Å². The molecule has 3 aromatic rings. The van der Waals surface area contributed by atoms with Crippen LogP contribution in [0.25, 0.3) is 0 Å². The van der Waals surface area contributed by atoms with Crippen LogP contribution in [0.3, 0.4) is 0 Å². The number of nitrogen functional groups attached to an aromatic ring is 1. The zero-order valence-electron chi connectivity index (χ0n) is 15.3. The average Bonchev–Trinajstić information content (AvgIpc) is 3.06. The number of nitrogens with two attached hydrogens (primary N) is 1. The largest absolute Gasteiger partial charge is 0.334 e.